The molecule has 5 rings (SSSR count). The molecule has 3 aromatic carbocycles. The Morgan fingerprint density at radius 2 is 1.80 bits per heavy atom. The molecule has 1 atom stereocenters. The molecule has 0 bridgehead atoms. The lowest BCUT2D eigenvalue weighted by Crippen LogP contribution is -2.28. The van der Waals surface area contributed by atoms with Crippen LogP contribution < -0.4 is 9.47 Å². The lowest BCUT2D eigenvalue weighted by atomic mass is 10.1. The molecule has 0 fully saturated rings. The topological polar surface area (TPSA) is 53.4 Å². The van der Waals surface area contributed by atoms with Crippen LogP contribution in [0.3, 0.4) is 0 Å². The molecule has 1 aromatic heterocycles. The van der Waals surface area contributed by atoms with Gasteiger partial charge in [0.05, 0.1) is 0 Å². The molecular weight excluding hydrogens is 376 g/mol. The number of ketones is 1. The fourth-order valence-electron chi connectivity index (χ4n) is 3.63. The quantitative estimate of drug-likeness (QED) is 0.446. The first kappa shape index (κ1) is 18.2. The Morgan fingerprint density at radius 3 is 2.60 bits per heavy atom. The standard InChI is InChI=1S/C25H20N2O3/c28-24(25-26-13-14-27(25)20-9-5-2-6-10-20)23-16-19-15-21(11-12-22(19)30-23)29-17-18-7-3-1-4-8-18/h1-15,23H,16-17H2/t23-/m1/s1. The van der Waals surface area contributed by atoms with Crippen LogP contribution in [0.2, 0.25) is 0 Å². The van der Waals surface area contributed by atoms with Gasteiger partial charge in [-0.05, 0) is 35.9 Å². The van der Waals surface area contributed by atoms with Gasteiger partial charge in [-0.15, -0.1) is 0 Å². The first-order chi connectivity index (χ1) is 14.8. The Balaban J connectivity index is 1.31. The van der Waals surface area contributed by atoms with Crippen LogP contribution in [0.1, 0.15) is 21.7 Å². The Hall–Kier alpha value is -3.86. The lowest BCUT2D eigenvalue weighted by Gasteiger charge is -2.11. The highest BCUT2D eigenvalue weighted by Crippen LogP contribution is 2.33. The summed E-state index contributed by atoms with van der Waals surface area (Å²) in [6, 6.07) is 25.4. The average Bonchev–Trinajstić information content (AvgIpc) is 3.45. The number of rotatable bonds is 6. The Bertz CT molecular complexity index is 1170. The van der Waals surface area contributed by atoms with Crippen LogP contribution in [-0.4, -0.2) is 21.4 Å². The highest BCUT2D eigenvalue weighted by molar-refractivity contribution is 5.98. The Morgan fingerprint density at radius 1 is 1.03 bits per heavy atom. The maximum Gasteiger partial charge on any atom is 0.239 e. The Kier molecular flexibility index (Phi) is 4.77. The maximum atomic E-state index is 13.1. The van der Waals surface area contributed by atoms with Crippen molar-refractivity contribution < 1.29 is 14.3 Å². The number of hydrogen-bond acceptors (Lipinski definition) is 4. The van der Waals surface area contributed by atoms with Gasteiger partial charge in [-0.2, -0.15) is 0 Å². The zero-order chi connectivity index (χ0) is 20.3. The van der Waals surface area contributed by atoms with E-state index < -0.39 is 6.10 Å². The number of Topliss-reactive ketones (excluding diaryl/α,β-unsaturated/α-hetero) is 1. The third-order valence-electron chi connectivity index (χ3n) is 5.14. The molecule has 148 valence electrons. The molecule has 0 saturated carbocycles. The van der Waals surface area contributed by atoms with Crippen molar-refractivity contribution in [3.8, 4) is 17.2 Å². The van der Waals surface area contributed by atoms with Crippen molar-refractivity contribution in [1.29, 1.82) is 0 Å². The molecule has 0 spiro atoms. The second kappa shape index (κ2) is 7.87. The van der Waals surface area contributed by atoms with E-state index in [0.29, 0.717) is 18.9 Å². The van der Waals surface area contributed by atoms with Crippen LogP contribution in [0.4, 0.5) is 0 Å². The van der Waals surface area contributed by atoms with E-state index in [2.05, 4.69) is 4.98 Å². The van der Waals surface area contributed by atoms with Crippen molar-refractivity contribution in [3.05, 3.63) is 108 Å². The van der Waals surface area contributed by atoms with Crippen LogP contribution in [-0.2, 0) is 13.0 Å². The summed E-state index contributed by atoms with van der Waals surface area (Å²) in [5, 5.41) is 0. The van der Waals surface area contributed by atoms with Crippen LogP contribution in [0.15, 0.2) is 91.3 Å². The van der Waals surface area contributed by atoms with E-state index in [4.69, 9.17) is 9.47 Å². The summed E-state index contributed by atoms with van der Waals surface area (Å²) >= 11 is 0. The van der Waals surface area contributed by atoms with E-state index in [1.807, 2.05) is 78.9 Å². The summed E-state index contributed by atoms with van der Waals surface area (Å²) in [5.41, 5.74) is 2.97. The van der Waals surface area contributed by atoms with Gasteiger partial charge in [0.15, 0.2) is 11.9 Å². The molecule has 0 radical (unpaired) electrons. The zero-order valence-electron chi connectivity index (χ0n) is 16.3. The van der Waals surface area contributed by atoms with Crippen molar-refractivity contribution in [2.75, 3.05) is 0 Å². The van der Waals surface area contributed by atoms with Gasteiger partial charge >= 0.3 is 0 Å². The normalized spacial score (nSPS) is 14.7. The van der Waals surface area contributed by atoms with Crippen LogP contribution in [0.5, 0.6) is 11.5 Å². The highest BCUT2D eigenvalue weighted by atomic mass is 16.5. The highest BCUT2D eigenvalue weighted by Gasteiger charge is 2.32. The van der Waals surface area contributed by atoms with E-state index in [9.17, 15) is 4.79 Å². The van der Waals surface area contributed by atoms with Crippen molar-refractivity contribution >= 4 is 5.78 Å². The predicted octanol–water partition coefficient (Wildman–Crippen LogP) is 4.64. The predicted molar refractivity (Wildman–Crippen MR) is 113 cm³/mol. The van der Waals surface area contributed by atoms with Gasteiger partial charge in [-0.1, -0.05) is 48.5 Å². The molecule has 0 unspecified atom stereocenters. The number of ether oxygens (including phenoxy) is 2. The van der Waals surface area contributed by atoms with Crippen molar-refractivity contribution in [2.24, 2.45) is 0 Å². The largest absolute Gasteiger partial charge is 0.489 e. The molecule has 0 amide bonds. The van der Waals surface area contributed by atoms with Crippen LogP contribution in [0.25, 0.3) is 5.69 Å². The first-order valence-corrected chi connectivity index (χ1v) is 9.87. The number of carbonyl (C=O) groups is 1. The van der Waals surface area contributed by atoms with E-state index >= 15 is 0 Å². The number of fused-ring (bicyclic) bond motifs is 1. The van der Waals surface area contributed by atoms with Gasteiger partial charge in [-0.25, -0.2) is 4.98 Å². The number of carbonyl (C=O) groups excluding carboxylic acids is 1. The smallest absolute Gasteiger partial charge is 0.239 e. The van der Waals surface area contributed by atoms with E-state index in [0.717, 1.165) is 28.3 Å². The van der Waals surface area contributed by atoms with Crippen molar-refractivity contribution in [3.63, 3.8) is 0 Å². The third-order valence-corrected chi connectivity index (χ3v) is 5.14. The third kappa shape index (κ3) is 3.57. The van der Waals surface area contributed by atoms with Gasteiger partial charge in [-0.3, -0.25) is 9.36 Å². The number of nitrogens with zero attached hydrogens (tertiary/aromatic N) is 2. The minimum atomic E-state index is -0.589. The lowest BCUT2D eigenvalue weighted by molar-refractivity contribution is 0.0812. The molecule has 30 heavy (non-hydrogen) atoms. The van der Waals surface area contributed by atoms with E-state index in [1.54, 1.807) is 17.0 Å². The van der Waals surface area contributed by atoms with E-state index in [-0.39, 0.29) is 5.78 Å². The molecule has 5 heteroatoms. The summed E-state index contributed by atoms with van der Waals surface area (Å²) in [5.74, 6) is 1.73. The number of para-hydroxylation sites is 1. The van der Waals surface area contributed by atoms with Crippen molar-refractivity contribution in [1.82, 2.24) is 9.55 Å². The van der Waals surface area contributed by atoms with Gasteiger partial charge in [0.1, 0.15) is 18.1 Å². The van der Waals surface area contributed by atoms with Gasteiger partial charge < -0.3 is 9.47 Å². The second-order valence-electron chi connectivity index (χ2n) is 7.18. The maximum absolute atomic E-state index is 13.1. The zero-order valence-corrected chi connectivity index (χ0v) is 16.3. The number of aromatic nitrogens is 2. The fraction of sp³-hybridized carbons (Fsp3) is 0.120. The van der Waals surface area contributed by atoms with Crippen molar-refractivity contribution in [2.45, 2.75) is 19.1 Å². The summed E-state index contributed by atoms with van der Waals surface area (Å²) < 4.78 is 13.6. The molecule has 1 aliphatic heterocycles. The van der Waals surface area contributed by atoms with E-state index in [1.165, 1.54) is 0 Å². The molecule has 1 aliphatic rings. The summed E-state index contributed by atoms with van der Waals surface area (Å²) in [7, 11) is 0. The SMILES string of the molecule is O=C(c1nccn1-c1ccccc1)[C@H]1Cc2cc(OCc3ccccc3)ccc2O1. The molecular formula is C25H20N2O3. The Labute approximate surface area is 174 Å². The summed E-state index contributed by atoms with van der Waals surface area (Å²) in [6.45, 7) is 0.497. The number of hydrogen-bond donors (Lipinski definition) is 0. The second-order valence-corrected chi connectivity index (χ2v) is 7.18. The van der Waals surface area contributed by atoms with Gasteiger partial charge in [0, 0.05) is 30.1 Å². The summed E-state index contributed by atoms with van der Waals surface area (Å²) in [4.78, 5) is 17.4. The number of imidazole rings is 1. The first-order valence-electron chi connectivity index (χ1n) is 9.87. The molecule has 0 N–H and O–H groups in total. The summed E-state index contributed by atoms with van der Waals surface area (Å²) in [6.07, 6.45) is 3.34. The molecule has 2 heterocycles. The fourth-order valence-corrected chi connectivity index (χ4v) is 3.63. The monoisotopic (exact) mass is 396 g/mol. The van der Waals surface area contributed by atoms with Gasteiger partial charge in [0.2, 0.25) is 5.78 Å². The number of benzene rings is 3. The molecule has 0 saturated heterocycles. The van der Waals surface area contributed by atoms with Crippen LogP contribution in [0, 0.1) is 0 Å². The molecule has 4 aromatic rings. The van der Waals surface area contributed by atoms with Gasteiger partial charge in [0.25, 0.3) is 0 Å². The average molecular weight is 396 g/mol. The minimum Gasteiger partial charge on any atom is -0.489 e. The van der Waals surface area contributed by atoms with Crippen LogP contribution >= 0.6 is 0 Å². The molecule has 0 aliphatic carbocycles. The minimum absolute atomic E-state index is 0.133. The molecule has 5 nitrogen and oxygen atoms in total.